The summed E-state index contributed by atoms with van der Waals surface area (Å²) in [6, 6.07) is 7.51. The van der Waals surface area contributed by atoms with Gasteiger partial charge in [0.25, 0.3) is 11.8 Å². The van der Waals surface area contributed by atoms with Crippen molar-refractivity contribution in [3.05, 3.63) is 29.8 Å². The molecule has 1 aromatic carbocycles. The molecule has 0 aromatic heterocycles. The highest BCUT2D eigenvalue weighted by atomic mass is 16.2. The highest BCUT2D eigenvalue weighted by molar-refractivity contribution is 6.08. The first kappa shape index (κ1) is 17.8. The number of hydrogen-bond acceptors (Lipinski definition) is 4. The van der Waals surface area contributed by atoms with Crippen LogP contribution >= 0.6 is 0 Å². The third-order valence-corrected chi connectivity index (χ3v) is 6.07. The quantitative estimate of drug-likeness (QED) is 0.797. The van der Waals surface area contributed by atoms with Gasteiger partial charge >= 0.3 is 6.03 Å². The zero-order chi connectivity index (χ0) is 19.0. The van der Waals surface area contributed by atoms with Crippen LogP contribution in [0.25, 0.3) is 0 Å². The number of hydrazine groups is 1. The molecule has 0 atom stereocenters. The molecule has 0 bridgehead atoms. The minimum atomic E-state index is -0.839. The van der Waals surface area contributed by atoms with E-state index < -0.39 is 11.6 Å². The number of para-hydroxylation sites is 1. The predicted molar refractivity (Wildman–Crippen MR) is 101 cm³/mol. The molecule has 4 amide bonds. The second kappa shape index (κ2) is 6.87. The van der Waals surface area contributed by atoms with Gasteiger partial charge in [-0.25, -0.2) is 4.79 Å². The number of aryl methyl sites for hydroxylation is 1. The van der Waals surface area contributed by atoms with Crippen LogP contribution in [0.1, 0.15) is 44.6 Å². The van der Waals surface area contributed by atoms with Crippen LogP contribution in [0.2, 0.25) is 0 Å². The van der Waals surface area contributed by atoms with Gasteiger partial charge in [0.15, 0.2) is 0 Å². The topological polar surface area (TPSA) is 81.8 Å². The van der Waals surface area contributed by atoms with E-state index in [4.69, 9.17) is 0 Å². The van der Waals surface area contributed by atoms with Gasteiger partial charge in [-0.3, -0.25) is 15.0 Å². The van der Waals surface area contributed by atoms with Gasteiger partial charge in [0.1, 0.15) is 5.54 Å². The lowest BCUT2D eigenvalue weighted by Crippen LogP contribution is -2.53. The number of hydrogen-bond donors (Lipinski definition) is 2. The second-order valence-electron chi connectivity index (χ2n) is 8.02. The molecule has 7 nitrogen and oxygen atoms in total. The summed E-state index contributed by atoms with van der Waals surface area (Å²) in [6.45, 7) is 3.06. The van der Waals surface area contributed by atoms with E-state index in [1.165, 1.54) is 5.56 Å². The van der Waals surface area contributed by atoms with Crippen molar-refractivity contribution in [2.75, 3.05) is 18.0 Å². The van der Waals surface area contributed by atoms with Crippen molar-refractivity contribution in [2.24, 2.45) is 5.92 Å². The lowest BCUT2D eigenvalue weighted by Gasteiger charge is -2.33. The molecule has 2 N–H and O–H groups in total. The number of nitrogens with one attached hydrogen (secondary N) is 2. The minimum absolute atomic E-state index is 0.123. The summed E-state index contributed by atoms with van der Waals surface area (Å²) in [7, 11) is 0. The number of urea groups is 1. The van der Waals surface area contributed by atoms with Crippen LogP contribution in [0.4, 0.5) is 10.5 Å². The summed E-state index contributed by atoms with van der Waals surface area (Å²) in [5, 5.41) is 3.71. The first-order valence-corrected chi connectivity index (χ1v) is 9.77. The van der Waals surface area contributed by atoms with E-state index in [-0.39, 0.29) is 18.4 Å². The van der Waals surface area contributed by atoms with Gasteiger partial charge in [0.2, 0.25) is 0 Å². The Morgan fingerprint density at radius 2 is 2.00 bits per heavy atom. The number of rotatable bonds is 3. The molecule has 3 aliphatic rings. The fourth-order valence-electron chi connectivity index (χ4n) is 4.42. The average Bonchev–Trinajstić information content (AvgIpc) is 2.89. The summed E-state index contributed by atoms with van der Waals surface area (Å²) in [6.07, 6.45) is 5.04. The molecule has 27 heavy (non-hydrogen) atoms. The number of fused-ring (bicyclic) bond motifs is 1. The summed E-state index contributed by atoms with van der Waals surface area (Å²) in [4.78, 5) is 39.7. The fourth-order valence-corrected chi connectivity index (χ4v) is 4.42. The van der Waals surface area contributed by atoms with E-state index in [1.54, 1.807) is 0 Å². The zero-order valence-corrected chi connectivity index (χ0v) is 15.7. The summed E-state index contributed by atoms with van der Waals surface area (Å²) >= 11 is 0. The molecule has 0 unspecified atom stereocenters. The van der Waals surface area contributed by atoms with Crippen molar-refractivity contribution in [1.29, 1.82) is 0 Å². The molecule has 2 aliphatic heterocycles. The van der Waals surface area contributed by atoms with Crippen LogP contribution in [-0.4, -0.2) is 41.5 Å². The first-order chi connectivity index (χ1) is 13.0. The number of benzene rings is 1. The SMILES string of the molecule is CC1CCC2(CC1)NC(=O)N(NC(=O)CN1CCCc3ccccc31)C2=O. The molecule has 7 heteroatoms. The molecular weight excluding hydrogens is 344 g/mol. The fraction of sp³-hybridized carbons (Fsp3) is 0.550. The summed E-state index contributed by atoms with van der Waals surface area (Å²) in [5.41, 5.74) is 3.97. The van der Waals surface area contributed by atoms with Crippen molar-refractivity contribution in [2.45, 2.75) is 51.0 Å². The third kappa shape index (κ3) is 3.26. The minimum Gasteiger partial charge on any atom is -0.362 e. The molecular formula is C20H26N4O3. The van der Waals surface area contributed by atoms with Gasteiger partial charge in [-0.05, 0) is 56.1 Å². The standard InChI is InChI=1S/C20H26N4O3/c1-14-8-10-20(11-9-14)18(26)24(19(27)21-20)22-17(25)13-23-12-4-6-15-5-2-3-7-16(15)23/h2-3,5,7,14H,4,6,8-13H2,1H3,(H,21,27)(H,22,25). The molecule has 2 fully saturated rings. The van der Waals surface area contributed by atoms with Crippen molar-refractivity contribution in [3.63, 3.8) is 0 Å². The van der Waals surface area contributed by atoms with Crippen LogP contribution in [0.15, 0.2) is 24.3 Å². The van der Waals surface area contributed by atoms with Crippen molar-refractivity contribution in [3.8, 4) is 0 Å². The zero-order valence-electron chi connectivity index (χ0n) is 15.7. The van der Waals surface area contributed by atoms with Crippen LogP contribution in [0, 0.1) is 5.92 Å². The molecule has 2 heterocycles. The Bertz CT molecular complexity index is 770. The maximum absolute atomic E-state index is 12.8. The Kier molecular flexibility index (Phi) is 4.53. The number of nitrogens with zero attached hydrogens (tertiary/aromatic N) is 2. The largest absolute Gasteiger partial charge is 0.362 e. The molecule has 144 valence electrons. The van der Waals surface area contributed by atoms with E-state index in [0.717, 1.165) is 42.9 Å². The summed E-state index contributed by atoms with van der Waals surface area (Å²) < 4.78 is 0. The maximum Gasteiger partial charge on any atom is 0.344 e. The van der Waals surface area contributed by atoms with Gasteiger partial charge in [-0.15, -0.1) is 0 Å². The Labute approximate surface area is 159 Å². The number of amides is 4. The number of anilines is 1. The van der Waals surface area contributed by atoms with Crippen LogP contribution < -0.4 is 15.6 Å². The first-order valence-electron chi connectivity index (χ1n) is 9.77. The van der Waals surface area contributed by atoms with Crippen LogP contribution in [-0.2, 0) is 16.0 Å². The third-order valence-electron chi connectivity index (χ3n) is 6.07. The molecule has 1 aromatic rings. The average molecular weight is 370 g/mol. The molecule has 0 radical (unpaired) electrons. The molecule has 4 rings (SSSR count). The van der Waals surface area contributed by atoms with E-state index in [0.29, 0.717) is 18.8 Å². The van der Waals surface area contributed by atoms with E-state index in [1.807, 2.05) is 23.1 Å². The van der Waals surface area contributed by atoms with Gasteiger partial charge in [-0.2, -0.15) is 5.01 Å². The van der Waals surface area contributed by atoms with E-state index >= 15 is 0 Å². The van der Waals surface area contributed by atoms with Gasteiger partial charge < -0.3 is 10.2 Å². The maximum atomic E-state index is 12.8. The van der Waals surface area contributed by atoms with Crippen LogP contribution in [0.3, 0.4) is 0 Å². The molecule has 1 spiro atoms. The Balaban J connectivity index is 1.42. The number of carbonyl (C=O) groups is 3. The van der Waals surface area contributed by atoms with Gasteiger partial charge in [0.05, 0.1) is 6.54 Å². The highest BCUT2D eigenvalue weighted by Crippen LogP contribution is 2.35. The van der Waals surface area contributed by atoms with Crippen LogP contribution in [0.5, 0.6) is 0 Å². The predicted octanol–water partition coefficient (Wildman–Crippen LogP) is 1.97. The Morgan fingerprint density at radius 3 is 2.78 bits per heavy atom. The Hall–Kier alpha value is -2.57. The Morgan fingerprint density at radius 1 is 1.26 bits per heavy atom. The smallest absolute Gasteiger partial charge is 0.344 e. The van der Waals surface area contributed by atoms with E-state index in [2.05, 4.69) is 23.7 Å². The molecule has 1 saturated heterocycles. The lowest BCUT2D eigenvalue weighted by atomic mass is 9.77. The molecule has 1 saturated carbocycles. The highest BCUT2D eigenvalue weighted by Gasteiger charge is 2.52. The van der Waals surface area contributed by atoms with E-state index in [9.17, 15) is 14.4 Å². The molecule has 1 aliphatic carbocycles. The van der Waals surface area contributed by atoms with Crippen molar-refractivity contribution < 1.29 is 14.4 Å². The lowest BCUT2D eigenvalue weighted by molar-refractivity contribution is -0.139. The van der Waals surface area contributed by atoms with Gasteiger partial charge in [-0.1, -0.05) is 25.1 Å². The monoisotopic (exact) mass is 370 g/mol. The number of carbonyl (C=O) groups excluding carboxylic acids is 3. The normalized spacial score (nSPS) is 27.5. The summed E-state index contributed by atoms with van der Waals surface area (Å²) in [5.74, 6) is -0.119. The second-order valence-corrected chi connectivity index (χ2v) is 8.02. The van der Waals surface area contributed by atoms with Crippen molar-refractivity contribution in [1.82, 2.24) is 15.8 Å². The number of imide groups is 1. The van der Waals surface area contributed by atoms with Gasteiger partial charge in [0, 0.05) is 12.2 Å². The van der Waals surface area contributed by atoms with Crippen molar-refractivity contribution >= 4 is 23.5 Å².